The average Bonchev–Trinajstić information content (AvgIpc) is 2.11. The molecule has 1 atom stereocenters. The molecule has 4 nitrogen and oxygen atoms in total. The summed E-state index contributed by atoms with van der Waals surface area (Å²) in [5, 5.41) is 8.56. The maximum Gasteiger partial charge on any atom is 0.106 e. The van der Waals surface area contributed by atoms with E-state index in [2.05, 4.69) is 18.7 Å². The predicted octanol–water partition coefficient (Wildman–Crippen LogP) is 0.194. The van der Waals surface area contributed by atoms with Crippen LogP contribution in [0.5, 0.6) is 0 Å². The molecule has 0 fully saturated rings. The van der Waals surface area contributed by atoms with Crippen molar-refractivity contribution in [2.45, 2.75) is 25.9 Å². The van der Waals surface area contributed by atoms with E-state index >= 15 is 0 Å². The Morgan fingerprint density at radius 1 is 1.54 bits per heavy atom. The standard InChI is InChI=1S/C9H19N3O/c1-8(2)12(4-5-13-3)7-9(11)6-10/h8-9H,4-5,7,11H2,1-3H3. The number of nitriles is 1. The number of ether oxygens (including phenoxy) is 1. The summed E-state index contributed by atoms with van der Waals surface area (Å²) in [4.78, 5) is 2.14. The van der Waals surface area contributed by atoms with Crippen LogP contribution < -0.4 is 5.73 Å². The summed E-state index contributed by atoms with van der Waals surface area (Å²) in [6.07, 6.45) is 0. The zero-order chi connectivity index (χ0) is 10.3. The zero-order valence-corrected chi connectivity index (χ0v) is 8.66. The molecule has 0 aromatic heterocycles. The summed E-state index contributed by atoms with van der Waals surface area (Å²) >= 11 is 0. The first-order valence-corrected chi connectivity index (χ1v) is 4.50. The fourth-order valence-corrected chi connectivity index (χ4v) is 1.06. The molecule has 0 aromatic carbocycles. The number of hydrogen-bond acceptors (Lipinski definition) is 4. The third-order valence-electron chi connectivity index (χ3n) is 1.91. The Balaban J connectivity index is 3.88. The van der Waals surface area contributed by atoms with E-state index in [0.717, 1.165) is 6.54 Å². The molecule has 0 spiro atoms. The molecule has 0 rings (SSSR count). The van der Waals surface area contributed by atoms with Gasteiger partial charge in [-0.05, 0) is 13.8 Å². The van der Waals surface area contributed by atoms with Gasteiger partial charge < -0.3 is 10.5 Å². The van der Waals surface area contributed by atoms with Gasteiger partial charge in [-0.15, -0.1) is 0 Å². The quantitative estimate of drug-likeness (QED) is 0.642. The molecule has 0 saturated heterocycles. The fourth-order valence-electron chi connectivity index (χ4n) is 1.06. The molecule has 2 N–H and O–H groups in total. The minimum Gasteiger partial charge on any atom is -0.383 e. The molecule has 0 radical (unpaired) electrons. The van der Waals surface area contributed by atoms with Crippen LogP contribution in [0.3, 0.4) is 0 Å². The topological polar surface area (TPSA) is 62.3 Å². The third-order valence-corrected chi connectivity index (χ3v) is 1.91. The van der Waals surface area contributed by atoms with Crippen LogP contribution in [0.2, 0.25) is 0 Å². The molecular formula is C9H19N3O. The smallest absolute Gasteiger partial charge is 0.106 e. The van der Waals surface area contributed by atoms with Crippen LogP contribution >= 0.6 is 0 Å². The Morgan fingerprint density at radius 3 is 2.54 bits per heavy atom. The van der Waals surface area contributed by atoms with Gasteiger partial charge in [0.05, 0.1) is 12.7 Å². The summed E-state index contributed by atoms with van der Waals surface area (Å²) in [5.74, 6) is 0. The largest absolute Gasteiger partial charge is 0.383 e. The Hall–Kier alpha value is -0.630. The van der Waals surface area contributed by atoms with Crippen molar-refractivity contribution in [2.24, 2.45) is 5.73 Å². The van der Waals surface area contributed by atoms with Crippen molar-refractivity contribution >= 4 is 0 Å². The van der Waals surface area contributed by atoms with Gasteiger partial charge in [-0.1, -0.05) is 0 Å². The van der Waals surface area contributed by atoms with Gasteiger partial charge >= 0.3 is 0 Å². The van der Waals surface area contributed by atoms with Gasteiger partial charge in [0.15, 0.2) is 0 Å². The van der Waals surface area contributed by atoms with Crippen LogP contribution in [-0.4, -0.2) is 43.8 Å². The normalized spacial score (nSPS) is 13.3. The predicted molar refractivity (Wildman–Crippen MR) is 52.2 cm³/mol. The average molecular weight is 185 g/mol. The molecule has 0 aliphatic heterocycles. The van der Waals surface area contributed by atoms with Crippen LogP contribution in [-0.2, 0) is 4.74 Å². The SMILES string of the molecule is COCCN(CC(N)C#N)C(C)C. The summed E-state index contributed by atoms with van der Waals surface area (Å²) in [7, 11) is 1.67. The molecule has 0 heterocycles. The number of nitrogens with two attached hydrogens (primary N) is 1. The van der Waals surface area contributed by atoms with E-state index in [1.165, 1.54) is 0 Å². The first-order chi connectivity index (χ1) is 6.11. The minimum atomic E-state index is -0.403. The highest BCUT2D eigenvalue weighted by atomic mass is 16.5. The van der Waals surface area contributed by atoms with Crippen LogP contribution in [0.25, 0.3) is 0 Å². The van der Waals surface area contributed by atoms with Gasteiger partial charge in [0, 0.05) is 26.2 Å². The van der Waals surface area contributed by atoms with Crippen molar-refractivity contribution < 1.29 is 4.74 Å². The number of rotatable bonds is 6. The van der Waals surface area contributed by atoms with E-state index in [0.29, 0.717) is 19.2 Å². The Kier molecular flexibility index (Phi) is 6.51. The Bertz CT molecular complexity index is 165. The summed E-state index contributed by atoms with van der Waals surface area (Å²) < 4.78 is 4.97. The minimum absolute atomic E-state index is 0.398. The highest BCUT2D eigenvalue weighted by Gasteiger charge is 2.12. The fraction of sp³-hybridized carbons (Fsp3) is 0.889. The van der Waals surface area contributed by atoms with Gasteiger partial charge in [0.1, 0.15) is 6.04 Å². The zero-order valence-electron chi connectivity index (χ0n) is 8.66. The number of methoxy groups -OCH3 is 1. The summed E-state index contributed by atoms with van der Waals surface area (Å²) in [6, 6.07) is 2.02. The van der Waals surface area contributed by atoms with E-state index in [4.69, 9.17) is 15.7 Å². The monoisotopic (exact) mass is 185 g/mol. The molecule has 0 aromatic rings. The van der Waals surface area contributed by atoms with Crippen molar-refractivity contribution in [3.05, 3.63) is 0 Å². The molecule has 4 heteroatoms. The molecule has 0 amide bonds. The second-order valence-electron chi connectivity index (χ2n) is 3.32. The van der Waals surface area contributed by atoms with Gasteiger partial charge in [-0.3, -0.25) is 4.90 Å². The molecule has 0 aliphatic rings. The van der Waals surface area contributed by atoms with Crippen LogP contribution in [0.4, 0.5) is 0 Å². The molecule has 0 bridgehead atoms. The lowest BCUT2D eigenvalue weighted by Crippen LogP contribution is -2.42. The first-order valence-electron chi connectivity index (χ1n) is 4.50. The lowest BCUT2D eigenvalue weighted by molar-refractivity contribution is 0.128. The lowest BCUT2D eigenvalue weighted by atomic mass is 10.2. The van der Waals surface area contributed by atoms with Crippen LogP contribution in [0.1, 0.15) is 13.8 Å². The first kappa shape index (κ1) is 12.4. The Labute approximate surface area is 80.3 Å². The second-order valence-corrected chi connectivity index (χ2v) is 3.32. The molecule has 0 aliphatic carbocycles. The molecule has 76 valence electrons. The van der Waals surface area contributed by atoms with Crippen molar-refractivity contribution in [2.75, 3.05) is 26.8 Å². The van der Waals surface area contributed by atoms with Crippen molar-refractivity contribution in [1.82, 2.24) is 4.90 Å². The van der Waals surface area contributed by atoms with E-state index < -0.39 is 6.04 Å². The van der Waals surface area contributed by atoms with Gasteiger partial charge in [-0.2, -0.15) is 5.26 Å². The summed E-state index contributed by atoms with van der Waals surface area (Å²) in [6.45, 7) is 6.27. The van der Waals surface area contributed by atoms with Crippen molar-refractivity contribution in [3.8, 4) is 6.07 Å². The van der Waals surface area contributed by atoms with Crippen LogP contribution in [0.15, 0.2) is 0 Å². The highest BCUT2D eigenvalue weighted by Crippen LogP contribution is 1.98. The highest BCUT2D eigenvalue weighted by molar-refractivity contribution is 4.89. The second kappa shape index (κ2) is 6.84. The molecule has 13 heavy (non-hydrogen) atoms. The third kappa shape index (κ3) is 5.58. The van der Waals surface area contributed by atoms with E-state index in [-0.39, 0.29) is 0 Å². The Morgan fingerprint density at radius 2 is 2.15 bits per heavy atom. The lowest BCUT2D eigenvalue weighted by Gasteiger charge is -2.26. The van der Waals surface area contributed by atoms with Crippen molar-refractivity contribution in [3.63, 3.8) is 0 Å². The number of nitrogens with zero attached hydrogens (tertiary/aromatic N) is 2. The van der Waals surface area contributed by atoms with Gasteiger partial charge in [0.2, 0.25) is 0 Å². The van der Waals surface area contributed by atoms with E-state index in [1.807, 2.05) is 6.07 Å². The van der Waals surface area contributed by atoms with Crippen LogP contribution in [0, 0.1) is 11.3 Å². The van der Waals surface area contributed by atoms with Gasteiger partial charge in [-0.25, -0.2) is 0 Å². The maximum absolute atomic E-state index is 8.56. The van der Waals surface area contributed by atoms with Gasteiger partial charge in [0.25, 0.3) is 0 Å². The molecule has 0 saturated carbocycles. The number of hydrogen-bond donors (Lipinski definition) is 1. The molecule has 1 unspecified atom stereocenters. The van der Waals surface area contributed by atoms with Crippen molar-refractivity contribution in [1.29, 1.82) is 5.26 Å². The molecular weight excluding hydrogens is 166 g/mol. The maximum atomic E-state index is 8.56. The van der Waals surface area contributed by atoms with E-state index in [9.17, 15) is 0 Å². The summed E-state index contributed by atoms with van der Waals surface area (Å²) in [5.41, 5.74) is 5.54. The van der Waals surface area contributed by atoms with E-state index in [1.54, 1.807) is 7.11 Å².